The van der Waals surface area contributed by atoms with Crippen molar-refractivity contribution in [1.82, 2.24) is 4.72 Å². The number of hydrogen-bond donors (Lipinski definition) is 1. The Morgan fingerprint density at radius 2 is 1.95 bits per heavy atom. The van der Waals surface area contributed by atoms with Crippen molar-refractivity contribution >= 4 is 37.3 Å². The maximum Gasteiger partial charge on any atom is 0.251 e. The van der Waals surface area contributed by atoms with Gasteiger partial charge in [-0.05, 0) is 39.4 Å². The molecule has 1 aromatic heterocycles. The van der Waals surface area contributed by atoms with Crippen LogP contribution in [-0.4, -0.2) is 8.42 Å². The van der Waals surface area contributed by atoms with Crippen molar-refractivity contribution < 1.29 is 8.42 Å². The molecule has 1 aromatic carbocycles. The number of thiophene rings is 1. The van der Waals surface area contributed by atoms with Gasteiger partial charge in [0, 0.05) is 10.5 Å². The molecule has 102 valence electrons. The van der Waals surface area contributed by atoms with E-state index < -0.39 is 10.0 Å². The Morgan fingerprint density at radius 3 is 2.47 bits per heavy atom. The molecule has 19 heavy (non-hydrogen) atoms. The molecule has 1 N–H and O–H groups in total. The smallest absolute Gasteiger partial charge is 0.206 e. The summed E-state index contributed by atoms with van der Waals surface area (Å²) in [6.45, 7) is 1.96. The van der Waals surface area contributed by atoms with Crippen molar-refractivity contribution in [3.8, 4) is 0 Å². The van der Waals surface area contributed by atoms with Crippen LogP contribution in [0.3, 0.4) is 0 Å². The van der Waals surface area contributed by atoms with Crippen LogP contribution in [0.5, 0.6) is 0 Å². The van der Waals surface area contributed by atoms with Gasteiger partial charge >= 0.3 is 0 Å². The van der Waals surface area contributed by atoms with E-state index in [1.807, 2.05) is 37.3 Å². The summed E-state index contributed by atoms with van der Waals surface area (Å²) in [5, 5.41) is 1.75. The van der Waals surface area contributed by atoms with Gasteiger partial charge in [-0.2, -0.15) is 0 Å². The highest BCUT2D eigenvalue weighted by Crippen LogP contribution is 2.29. The van der Waals surface area contributed by atoms with Gasteiger partial charge < -0.3 is 0 Å². The van der Waals surface area contributed by atoms with Crippen LogP contribution >= 0.6 is 27.3 Å². The number of hydrogen-bond acceptors (Lipinski definition) is 3. The fourth-order valence-electron chi connectivity index (χ4n) is 1.78. The van der Waals surface area contributed by atoms with Crippen LogP contribution in [-0.2, 0) is 10.0 Å². The lowest BCUT2D eigenvalue weighted by molar-refractivity contribution is 0.551. The van der Waals surface area contributed by atoms with E-state index in [0.29, 0.717) is 15.1 Å². The van der Waals surface area contributed by atoms with Gasteiger partial charge in [0.2, 0.25) is 0 Å². The van der Waals surface area contributed by atoms with Crippen molar-refractivity contribution in [3.63, 3.8) is 0 Å². The number of sulfonamides is 1. The van der Waals surface area contributed by atoms with Crippen molar-refractivity contribution in [2.24, 2.45) is 0 Å². The minimum absolute atomic E-state index is 0.208. The van der Waals surface area contributed by atoms with E-state index in [1.165, 1.54) is 11.3 Å². The molecule has 0 radical (unpaired) electrons. The molecule has 3 nitrogen and oxygen atoms in total. The summed E-state index contributed by atoms with van der Waals surface area (Å²) in [4.78, 5) is 0. The largest absolute Gasteiger partial charge is 0.251 e. The van der Waals surface area contributed by atoms with Crippen LogP contribution in [0.1, 0.15) is 24.9 Å². The minimum Gasteiger partial charge on any atom is -0.206 e. The SMILES string of the molecule is CCC(NS(=O)(=O)c1sccc1Br)c1ccccc1. The molecule has 0 saturated carbocycles. The summed E-state index contributed by atoms with van der Waals surface area (Å²) in [5.41, 5.74) is 0.973. The summed E-state index contributed by atoms with van der Waals surface area (Å²) in [6.07, 6.45) is 0.701. The lowest BCUT2D eigenvalue weighted by Gasteiger charge is -2.17. The van der Waals surface area contributed by atoms with Gasteiger partial charge in [0.05, 0.1) is 0 Å². The van der Waals surface area contributed by atoms with Crippen molar-refractivity contribution in [2.75, 3.05) is 0 Å². The number of rotatable bonds is 5. The molecule has 0 fully saturated rings. The molecule has 1 atom stereocenters. The summed E-state index contributed by atoms with van der Waals surface area (Å²) < 4.78 is 28.3. The van der Waals surface area contributed by atoms with Crippen molar-refractivity contribution in [2.45, 2.75) is 23.6 Å². The molecule has 2 rings (SSSR count). The van der Waals surface area contributed by atoms with Crippen molar-refractivity contribution in [3.05, 3.63) is 51.8 Å². The molecule has 2 aromatic rings. The molecular formula is C13H14BrNO2S2. The monoisotopic (exact) mass is 359 g/mol. The van der Waals surface area contributed by atoms with Gasteiger partial charge in [-0.3, -0.25) is 0 Å². The molecule has 1 unspecified atom stereocenters. The molecule has 1 heterocycles. The zero-order valence-electron chi connectivity index (χ0n) is 10.3. The second-order valence-electron chi connectivity index (χ2n) is 4.05. The summed E-state index contributed by atoms with van der Waals surface area (Å²) in [7, 11) is -3.49. The first kappa shape index (κ1) is 14.7. The van der Waals surface area contributed by atoms with Crippen LogP contribution in [0, 0.1) is 0 Å². The quantitative estimate of drug-likeness (QED) is 0.878. The average molecular weight is 360 g/mol. The van der Waals surface area contributed by atoms with E-state index in [0.717, 1.165) is 5.56 Å². The van der Waals surface area contributed by atoms with E-state index in [4.69, 9.17) is 0 Å². The highest BCUT2D eigenvalue weighted by molar-refractivity contribution is 9.10. The van der Waals surface area contributed by atoms with Crippen LogP contribution in [0.4, 0.5) is 0 Å². The van der Waals surface area contributed by atoms with E-state index in [1.54, 1.807) is 11.4 Å². The summed E-state index contributed by atoms with van der Waals surface area (Å²) in [6, 6.07) is 11.1. The Hall–Kier alpha value is -0.690. The third-order valence-electron chi connectivity index (χ3n) is 2.74. The summed E-state index contributed by atoms with van der Waals surface area (Å²) >= 11 is 4.47. The van der Waals surface area contributed by atoms with E-state index in [9.17, 15) is 8.42 Å². The molecule has 0 aliphatic rings. The molecule has 0 saturated heterocycles. The standard InChI is InChI=1S/C13H14BrNO2S2/c1-2-12(10-6-4-3-5-7-10)15-19(16,17)13-11(14)8-9-18-13/h3-9,12,15H,2H2,1H3. The highest BCUT2D eigenvalue weighted by atomic mass is 79.9. The molecule has 0 aliphatic heterocycles. The fraction of sp³-hybridized carbons (Fsp3) is 0.231. The second-order valence-corrected chi connectivity index (χ2v) is 7.73. The zero-order valence-corrected chi connectivity index (χ0v) is 13.6. The van der Waals surface area contributed by atoms with Crippen LogP contribution < -0.4 is 4.72 Å². The van der Waals surface area contributed by atoms with Gasteiger partial charge in [-0.25, -0.2) is 13.1 Å². The molecular weight excluding hydrogens is 346 g/mol. The fourth-order valence-corrected chi connectivity index (χ4v) is 5.45. The van der Waals surface area contributed by atoms with E-state index >= 15 is 0 Å². The third-order valence-corrected chi connectivity index (χ3v) is 6.88. The minimum atomic E-state index is -3.49. The Bertz CT molecular complexity index is 638. The molecule has 0 bridgehead atoms. The molecule has 6 heteroatoms. The topological polar surface area (TPSA) is 46.2 Å². The summed E-state index contributed by atoms with van der Waals surface area (Å²) in [5.74, 6) is 0. The second kappa shape index (κ2) is 6.17. The molecule has 0 amide bonds. The average Bonchev–Trinajstić information content (AvgIpc) is 2.84. The Kier molecular flexibility index (Phi) is 4.78. The number of benzene rings is 1. The van der Waals surface area contributed by atoms with Crippen LogP contribution in [0.25, 0.3) is 0 Å². The van der Waals surface area contributed by atoms with Gasteiger partial charge in [-0.1, -0.05) is 37.3 Å². The predicted molar refractivity (Wildman–Crippen MR) is 81.8 cm³/mol. The number of halogens is 1. The Labute approximate surface area is 125 Å². The molecule has 0 aliphatic carbocycles. The van der Waals surface area contributed by atoms with Crippen molar-refractivity contribution in [1.29, 1.82) is 0 Å². The maximum atomic E-state index is 12.3. The maximum absolute atomic E-state index is 12.3. The Morgan fingerprint density at radius 1 is 1.26 bits per heavy atom. The predicted octanol–water partition coefficient (Wildman–Crippen LogP) is 3.94. The van der Waals surface area contributed by atoms with Crippen LogP contribution in [0.15, 0.2) is 50.5 Å². The first-order valence-corrected chi connectivity index (χ1v) is 9.00. The lowest BCUT2D eigenvalue weighted by atomic mass is 10.1. The van der Waals surface area contributed by atoms with Gasteiger partial charge in [0.1, 0.15) is 4.21 Å². The van der Waals surface area contributed by atoms with Crippen LogP contribution in [0.2, 0.25) is 0 Å². The third kappa shape index (κ3) is 3.45. The van der Waals surface area contributed by atoms with Gasteiger partial charge in [-0.15, -0.1) is 11.3 Å². The van der Waals surface area contributed by atoms with E-state index in [2.05, 4.69) is 20.7 Å². The number of nitrogens with one attached hydrogen (secondary N) is 1. The van der Waals surface area contributed by atoms with Gasteiger partial charge in [0.15, 0.2) is 0 Å². The Balaban J connectivity index is 2.27. The van der Waals surface area contributed by atoms with Gasteiger partial charge in [0.25, 0.3) is 10.0 Å². The highest BCUT2D eigenvalue weighted by Gasteiger charge is 2.23. The molecule has 0 spiro atoms. The zero-order chi connectivity index (χ0) is 13.9. The first-order chi connectivity index (χ1) is 9.04. The van der Waals surface area contributed by atoms with E-state index in [-0.39, 0.29) is 6.04 Å². The normalized spacial score (nSPS) is 13.4. The lowest BCUT2D eigenvalue weighted by Crippen LogP contribution is -2.27. The first-order valence-electron chi connectivity index (χ1n) is 5.85.